The van der Waals surface area contributed by atoms with Crippen molar-refractivity contribution in [2.45, 2.75) is 107 Å². The number of rotatable bonds is 8. The molecule has 5 heterocycles. The topological polar surface area (TPSA) is 63.2 Å². The van der Waals surface area contributed by atoms with Crippen molar-refractivity contribution in [3.8, 4) is 0 Å². The quantitative estimate of drug-likeness (QED) is 0.183. The molecule has 0 saturated heterocycles. The van der Waals surface area contributed by atoms with Crippen LogP contribution >= 0.6 is 0 Å². The molecule has 0 atom stereocenters. The first-order valence-corrected chi connectivity index (χ1v) is 17.1. The van der Waals surface area contributed by atoms with E-state index in [0.29, 0.717) is 0 Å². The number of hydrogen-bond donors (Lipinski definition) is 4. The van der Waals surface area contributed by atoms with Gasteiger partial charge in [-0.25, -0.2) is 0 Å². The van der Waals surface area contributed by atoms with Crippen molar-refractivity contribution in [2.24, 2.45) is 0 Å². The second-order valence-electron chi connectivity index (χ2n) is 11.8. The lowest BCUT2D eigenvalue weighted by atomic mass is 10.0. The summed E-state index contributed by atoms with van der Waals surface area (Å²) in [6.07, 6.45) is 26.2. The van der Waals surface area contributed by atoms with Gasteiger partial charge in [-0.3, -0.25) is 0 Å². The zero-order valence-corrected chi connectivity index (χ0v) is 28.3. The molecule has 0 fully saturated rings. The van der Waals surface area contributed by atoms with Gasteiger partial charge in [-0.1, -0.05) is 67.5 Å². The molecule has 4 N–H and O–H groups in total. The molecule has 5 rings (SSSR count). The molecule has 1 aliphatic heterocycles. The molecule has 0 aliphatic carbocycles. The molecule has 44 heavy (non-hydrogen) atoms. The summed E-state index contributed by atoms with van der Waals surface area (Å²) in [4.78, 5) is 15.3. The van der Waals surface area contributed by atoms with Crippen LogP contribution < -0.4 is 21.4 Å². The second kappa shape index (κ2) is 13.8. The van der Waals surface area contributed by atoms with Gasteiger partial charge in [-0.2, -0.15) is 0 Å². The first kappa shape index (κ1) is 31.5. The number of hydrogen-bond acceptors (Lipinski definition) is 0. The Morgan fingerprint density at radius 2 is 0.636 bits per heavy atom. The van der Waals surface area contributed by atoms with E-state index < -0.39 is 0 Å². The summed E-state index contributed by atoms with van der Waals surface area (Å²) in [5.74, 6) is 0. The highest BCUT2D eigenvalue weighted by Gasteiger charge is 2.15. The Bertz CT molecular complexity index is 1800. The summed E-state index contributed by atoms with van der Waals surface area (Å²) in [6.45, 7) is 18.2. The molecule has 0 saturated carbocycles. The van der Waals surface area contributed by atoms with Crippen molar-refractivity contribution in [2.75, 3.05) is 0 Å². The minimum atomic E-state index is 1.00. The summed E-state index contributed by atoms with van der Waals surface area (Å²) in [5.41, 5.74) is 16.2. The molecular formula is C40H52N4. The van der Waals surface area contributed by atoms with Crippen LogP contribution in [0.1, 0.15) is 123 Å². The van der Waals surface area contributed by atoms with Crippen molar-refractivity contribution >= 4 is 36.5 Å². The van der Waals surface area contributed by atoms with Crippen LogP contribution in [0.4, 0.5) is 0 Å². The molecule has 4 aromatic rings. The van der Waals surface area contributed by atoms with Gasteiger partial charge in [0.2, 0.25) is 0 Å². The van der Waals surface area contributed by atoms with E-state index in [0.717, 1.165) is 51.4 Å². The Kier molecular flexibility index (Phi) is 9.88. The van der Waals surface area contributed by atoms with E-state index in [4.69, 9.17) is 0 Å². The maximum atomic E-state index is 3.81. The number of fused-ring (bicyclic) bond motifs is 8. The predicted molar refractivity (Wildman–Crippen MR) is 191 cm³/mol. The van der Waals surface area contributed by atoms with E-state index in [2.05, 4.69) is 124 Å². The summed E-state index contributed by atoms with van der Waals surface area (Å²) < 4.78 is 0. The average molecular weight is 589 g/mol. The van der Waals surface area contributed by atoms with Gasteiger partial charge < -0.3 is 19.9 Å². The summed E-state index contributed by atoms with van der Waals surface area (Å²) in [5, 5.41) is 4.86. The number of allylic oxidation sites excluding steroid dienone is 2. The minimum absolute atomic E-state index is 1.00. The molecule has 4 aromatic heterocycles. The van der Waals surface area contributed by atoms with Crippen LogP contribution in [-0.2, 0) is 51.4 Å². The third kappa shape index (κ3) is 5.67. The SMILES string of the molecule is CCc1c2[nH]c(c1CC)C=c1[nH]c(c(CC)c1CC)=CC=Cc1[nH]c(c(CC)c1CC)C=c1[nH]c(c(CC)c1CC)=CC=C2. The molecule has 0 unspecified atom stereocenters. The molecule has 1 aliphatic rings. The monoisotopic (exact) mass is 588 g/mol. The fourth-order valence-corrected chi connectivity index (χ4v) is 7.55. The fourth-order valence-electron chi connectivity index (χ4n) is 7.55. The number of nitrogens with one attached hydrogen (secondary N) is 4. The van der Waals surface area contributed by atoms with E-state index >= 15 is 0 Å². The lowest BCUT2D eigenvalue weighted by Gasteiger charge is -2.01. The maximum Gasteiger partial charge on any atom is 0.0441 e. The van der Waals surface area contributed by atoms with E-state index in [9.17, 15) is 0 Å². The zero-order chi connectivity index (χ0) is 31.4. The molecule has 0 radical (unpaired) electrons. The average Bonchev–Trinajstić information content (AvgIpc) is 3.75. The van der Waals surface area contributed by atoms with Gasteiger partial charge in [0.05, 0.1) is 0 Å². The standard InChI is InChI=1S/C40H52N4/c1-9-25-29(13-5)37-23-38-30(14-6)26(10-2)35(42-38)21-18-22-36-28(12-4)32(16-8)40(44-36)24-39-31(15-7)27(11-3)34(43-39)20-17-19-33(25)41-37/h17-24,41-44H,9-16H2,1-8H3. The molecule has 0 spiro atoms. The highest BCUT2D eigenvalue weighted by Crippen LogP contribution is 2.24. The smallest absolute Gasteiger partial charge is 0.0441 e. The van der Waals surface area contributed by atoms with Crippen LogP contribution in [0, 0.1) is 0 Å². The first-order chi connectivity index (χ1) is 21.5. The molecule has 4 nitrogen and oxygen atoms in total. The molecule has 4 heteroatoms. The lowest BCUT2D eigenvalue weighted by molar-refractivity contribution is 1.04. The van der Waals surface area contributed by atoms with Gasteiger partial charge in [0.25, 0.3) is 0 Å². The van der Waals surface area contributed by atoms with Crippen molar-refractivity contribution in [3.05, 3.63) is 101 Å². The van der Waals surface area contributed by atoms with Crippen LogP contribution in [-0.4, -0.2) is 19.9 Å². The van der Waals surface area contributed by atoms with Crippen LogP contribution in [0.5, 0.6) is 0 Å². The van der Waals surface area contributed by atoms with Crippen LogP contribution in [0.2, 0.25) is 0 Å². The van der Waals surface area contributed by atoms with Gasteiger partial charge in [0.15, 0.2) is 0 Å². The normalized spacial score (nSPS) is 12.9. The van der Waals surface area contributed by atoms with Crippen molar-refractivity contribution in [1.29, 1.82) is 0 Å². The fraction of sp³-hybridized carbons (Fsp3) is 0.400. The lowest BCUT2D eigenvalue weighted by Crippen LogP contribution is -2.12. The largest absolute Gasteiger partial charge is 0.355 e. The Balaban J connectivity index is 1.86. The Morgan fingerprint density at radius 1 is 0.341 bits per heavy atom. The molecule has 232 valence electrons. The molecule has 8 bridgehead atoms. The molecule has 0 amide bonds. The van der Waals surface area contributed by atoms with E-state index in [1.165, 1.54) is 88.7 Å². The van der Waals surface area contributed by atoms with Gasteiger partial charge in [0.1, 0.15) is 0 Å². The molecule has 0 aromatic carbocycles. The third-order valence-corrected chi connectivity index (χ3v) is 9.59. The Labute approximate surface area is 263 Å². The van der Waals surface area contributed by atoms with Crippen molar-refractivity contribution in [3.63, 3.8) is 0 Å². The van der Waals surface area contributed by atoms with E-state index in [1.54, 1.807) is 0 Å². The minimum Gasteiger partial charge on any atom is -0.355 e. The van der Waals surface area contributed by atoms with E-state index in [-0.39, 0.29) is 0 Å². The highest BCUT2D eigenvalue weighted by molar-refractivity contribution is 5.67. The Hall–Kier alpha value is -3.92. The summed E-state index contributed by atoms with van der Waals surface area (Å²) >= 11 is 0. The molecular weight excluding hydrogens is 536 g/mol. The van der Waals surface area contributed by atoms with E-state index in [1.807, 2.05) is 0 Å². The van der Waals surface area contributed by atoms with Gasteiger partial charge in [0, 0.05) is 44.2 Å². The van der Waals surface area contributed by atoms with Gasteiger partial charge in [-0.05, 0) is 132 Å². The highest BCUT2D eigenvalue weighted by atomic mass is 14.8. The predicted octanol–water partition coefficient (Wildman–Crippen LogP) is 6.46. The van der Waals surface area contributed by atoms with Gasteiger partial charge >= 0.3 is 0 Å². The number of aromatic nitrogens is 4. The maximum absolute atomic E-state index is 3.81. The van der Waals surface area contributed by atoms with Crippen molar-refractivity contribution < 1.29 is 0 Å². The van der Waals surface area contributed by atoms with Gasteiger partial charge in [-0.15, -0.1) is 0 Å². The summed E-state index contributed by atoms with van der Waals surface area (Å²) in [7, 11) is 0. The Morgan fingerprint density at radius 3 is 0.955 bits per heavy atom. The summed E-state index contributed by atoms with van der Waals surface area (Å²) in [6, 6.07) is 0. The second-order valence-corrected chi connectivity index (χ2v) is 11.8. The third-order valence-electron chi connectivity index (χ3n) is 9.59. The van der Waals surface area contributed by atoms with Crippen LogP contribution in [0.15, 0.2) is 12.2 Å². The van der Waals surface area contributed by atoms with Crippen LogP contribution in [0.25, 0.3) is 36.5 Å². The first-order valence-electron chi connectivity index (χ1n) is 17.1. The zero-order valence-electron chi connectivity index (χ0n) is 28.3. The van der Waals surface area contributed by atoms with Crippen molar-refractivity contribution in [1.82, 2.24) is 19.9 Å². The number of H-pyrrole nitrogens is 4. The van der Waals surface area contributed by atoms with Crippen LogP contribution in [0.3, 0.4) is 0 Å². The number of aromatic amines is 4.